The van der Waals surface area contributed by atoms with Gasteiger partial charge in [0, 0.05) is 34.8 Å². The summed E-state index contributed by atoms with van der Waals surface area (Å²) in [5.41, 5.74) is 0.859. The summed E-state index contributed by atoms with van der Waals surface area (Å²) in [6.45, 7) is 1.64. The summed E-state index contributed by atoms with van der Waals surface area (Å²) in [6.07, 6.45) is 5.29. The minimum Gasteiger partial charge on any atom is -0.297 e. The predicted octanol–water partition coefficient (Wildman–Crippen LogP) is 2.99. The number of Topliss-reactive ketones (excluding diaryl/α,β-unsaturated/α-hetero) is 1. The minimum absolute atomic E-state index is 0.127. The molecule has 3 rings (SSSR count). The molecule has 1 aliphatic rings. The third-order valence-corrected chi connectivity index (χ3v) is 4.54. The van der Waals surface area contributed by atoms with Gasteiger partial charge in [-0.3, -0.25) is 19.5 Å². The highest BCUT2D eigenvalue weighted by molar-refractivity contribution is 5.95. The van der Waals surface area contributed by atoms with Gasteiger partial charge in [-0.15, -0.1) is 0 Å². The molecule has 0 radical (unpaired) electrons. The molecule has 0 spiro atoms. The van der Waals surface area contributed by atoms with Crippen LogP contribution in [0.5, 0.6) is 0 Å². The Morgan fingerprint density at radius 1 is 1.39 bits per heavy atom. The molecule has 1 aromatic carbocycles. The largest absolute Gasteiger partial charge is 0.297 e. The number of carbonyl (C=O) groups excluding carboxylic acids is 1. The summed E-state index contributed by atoms with van der Waals surface area (Å²) in [7, 11) is 0. The highest BCUT2D eigenvalue weighted by atomic mass is 16.6. The molecule has 1 saturated carbocycles. The van der Waals surface area contributed by atoms with Crippen LogP contribution in [0.15, 0.2) is 42.7 Å². The molecule has 0 saturated heterocycles. The quantitative estimate of drug-likeness (QED) is 0.447. The first-order valence-electron chi connectivity index (χ1n) is 7.82. The van der Waals surface area contributed by atoms with Crippen molar-refractivity contribution < 1.29 is 9.72 Å². The van der Waals surface area contributed by atoms with Crippen LogP contribution in [-0.4, -0.2) is 26.8 Å². The monoisotopic (exact) mass is 313 g/mol. The van der Waals surface area contributed by atoms with Gasteiger partial charge in [-0.05, 0) is 30.9 Å². The van der Waals surface area contributed by atoms with E-state index in [1.54, 1.807) is 23.9 Å². The Kier molecular flexibility index (Phi) is 4.23. The molecule has 120 valence electrons. The highest BCUT2D eigenvalue weighted by Crippen LogP contribution is 2.41. The first kappa shape index (κ1) is 15.4. The average molecular weight is 313 g/mol. The summed E-state index contributed by atoms with van der Waals surface area (Å²) in [5.74, 6) is -0.106. The number of nitrogens with zero attached hydrogens (tertiary/aromatic N) is 3. The van der Waals surface area contributed by atoms with Gasteiger partial charge in [-0.25, -0.2) is 4.98 Å². The predicted molar refractivity (Wildman–Crippen MR) is 85.1 cm³/mol. The van der Waals surface area contributed by atoms with Crippen LogP contribution in [0.1, 0.15) is 30.4 Å². The van der Waals surface area contributed by atoms with Gasteiger partial charge in [0.25, 0.3) is 0 Å². The lowest BCUT2D eigenvalue weighted by Crippen LogP contribution is -2.30. The van der Waals surface area contributed by atoms with Crippen molar-refractivity contribution in [3.8, 4) is 5.69 Å². The van der Waals surface area contributed by atoms with Crippen LogP contribution >= 0.6 is 0 Å². The number of hydrogen-bond acceptors (Lipinski definition) is 4. The molecule has 2 atom stereocenters. The van der Waals surface area contributed by atoms with E-state index in [2.05, 4.69) is 4.98 Å². The molecule has 0 bridgehead atoms. The standard InChI is InChI=1S/C17H19N3O3/c1-12(15(11-20(22)23)13-7-8-13)16(21)17-18-9-10-19(17)14-5-3-2-4-6-14/h2-6,9-10,12-13,15H,7-8,11H2,1H3/t12-,15+/m0/s1. The van der Waals surface area contributed by atoms with Gasteiger partial charge in [0.1, 0.15) is 0 Å². The molecule has 23 heavy (non-hydrogen) atoms. The fourth-order valence-corrected chi connectivity index (χ4v) is 3.09. The van der Waals surface area contributed by atoms with Crippen LogP contribution in [0, 0.1) is 27.9 Å². The number of nitro groups is 1. The Labute approximate surface area is 134 Å². The summed E-state index contributed by atoms with van der Waals surface area (Å²) >= 11 is 0. The summed E-state index contributed by atoms with van der Waals surface area (Å²) in [4.78, 5) is 27.7. The van der Waals surface area contributed by atoms with Crippen LogP contribution in [0.25, 0.3) is 5.69 Å². The van der Waals surface area contributed by atoms with Crippen molar-refractivity contribution in [3.63, 3.8) is 0 Å². The Bertz CT molecular complexity index is 707. The van der Waals surface area contributed by atoms with E-state index in [0.29, 0.717) is 11.7 Å². The maximum Gasteiger partial charge on any atom is 0.207 e. The molecule has 1 fully saturated rings. The molecule has 1 aliphatic carbocycles. The Morgan fingerprint density at radius 2 is 2.09 bits per heavy atom. The van der Waals surface area contributed by atoms with E-state index in [1.165, 1.54) is 0 Å². The van der Waals surface area contributed by atoms with Crippen LogP contribution < -0.4 is 0 Å². The van der Waals surface area contributed by atoms with Crippen molar-refractivity contribution in [3.05, 3.63) is 58.7 Å². The van der Waals surface area contributed by atoms with Gasteiger partial charge in [0.05, 0.1) is 0 Å². The number of hydrogen-bond donors (Lipinski definition) is 0. The van der Waals surface area contributed by atoms with Crippen LogP contribution in [0.2, 0.25) is 0 Å². The fraction of sp³-hybridized carbons (Fsp3) is 0.412. The fourth-order valence-electron chi connectivity index (χ4n) is 3.09. The van der Waals surface area contributed by atoms with E-state index in [9.17, 15) is 14.9 Å². The minimum atomic E-state index is -0.405. The second-order valence-corrected chi connectivity index (χ2v) is 6.13. The lowest BCUT2D eigenvalue weighted by Gasteiger charge is -2.19. The van der Waals surface area contributed by atoms with E-state index >= 15 is 0 Å². The van der Waals surface area contributed by atoms with Crippen molar-refractivity contribution in [2.75, 3.05) is 6.54 Å². The summed E-state index contributed by atoms with van der Waals surface area (Å²) in [5, 5.41) is 10.9. The van der Waals surface area contributed by atoms with Crippen LogP contribution in [-0.2, 0) is 0 Å². The molecule has 0 aliphatic heterocycles. The van der Waals surface area contributed by atoms with Crippen molar-refractivity contribution in [2.24, 2.45) is 17.8 Å². The molecule has 6 heteroatoms. The van der Waals surface area contributed by atoms with E-state index < -0.39 is 5.92 Å². The molecule has 0 unspecified atom stereocenters. The topological polar surface area (TPSA) is 78.0 Å². The normalized spacial score (nSPS) is 16.7. The van der Waals surface area contributed by atoms with Gasteiger partial charge >= 0.3 is 0 Å². The lowest BCUT2D eigenvalue weighted by atomic mass is 9.86. The maximum absolute atomic E-state index is 12.8. The van der Waals surface area contributed by atoms with E-state index in [-0.39, 0.29) is 23.2 Å². The molecule has 2 aromatic rings. The zero-order valence-corrected chi connectivity index (χ0v) is 13.0. The summed E-state index contributed by atoms with van der Waals surface area (Å²) < 4.78 is 1.74. The molecule has 1 heterocycles. The number of carbonyl (C=O) groups is 1. The van der Waals surface area contributed by atoms with E-state index in [4.69, 9.17) is 0 Å². The van der Waals surface area contributed by atoms with Gasteiger partial charge in [-0.2, -0.15) is 0 Å². The van der Waals surface area contributed by atoms with Crippen molar-refractivity contribution in [1.82, 2.24) is 9.55 Å². The van der Waals surface area contributed by atoms with Gasteiger partial charge in [0.15, 0.2) is 5.82 Å². The molecule has 0 amide bonds. The number of para-hydroxylation sites is 1. The maximum atomic E-state index is 12.8. The molecule has 6 nitrogen and oxygen atoms in total. The second kappa shape index (κ2) is 6.32. The number of benzene rings is 1. The van der Waals surface area contributed by atoms with Crippen molar-refractivity contribution >= 4 is 5.78 Å². The second-order valence-electron chi connectivity index (χ2n) is 6.13. The van der Waals surface area contributed by atoms with Crippen molar-refractivity contribution in [1.29, 1.82) is 0 Å². The summed E-state index contributed by atoms with van der Waals surface area (Å²) in [6, 6.07) is 9.50. The third-order valence-electron chi connectivity index (χ3n) is 4.54. The molecular formula is C17H19N3O3. The number of aromatic nitrogens is 2. The van der Waals surface area contributed by atoms with Gasteiger partial charge in [0.2, 0.25) is 12.3 Å². The number of imidazole rings is 1. The molecular weight excluding hydrogens is 294 g/mol. The zero-order valence-electron chi connectivity index (χ0n) is 13.0. The average Bonchev–Trinajstić information content (AvgIpc) is 3.28. The van der Waals surface area contributed by atoms with Crippen LogP contribution in [0.3, 0.4) is 0 Å². The number of rotatable bonds is 7. The van der Waals surface area contributed by atoms with E-state index in [0.717, 1.165) is 18.5 Å². The third kappa shape index (κ3) is 3.31. The lowest BCUT2D eigenvalue weighted by molar-refractivity contribution is -0.490. The highest BCUT2D eigenvalue weighted by Gasteiger charge is 2.41. The van der Waals surface area contributed by atoms with Gasteiger partial charge in [-0.1, -0.05) is 25.1 Å². The smallest absolute Gasteiger partial charge is 0.207 e. The van der Waals surface area contributed by atoms with Crippen molar-refractivity contribution in [2.45, 2.75) is 19.8 Å². The molecule has 1 aromatic heterocycles. The first-order chi connectivity index (χ1) is 11.1. The number of ketones is 1. The van der Waals surface area contributed by atoms with Gasteiger partial charge < -0.3 is 0 Å². The van der Waals surface area contributed by atoms with E-state index in [1.807, 2.05) is 30.3 Å². The zero-order chi connectivity index (χ0) is 16.4. The first-order valence-corrected chi connectivity index (χ1v) is 7.82. The molecule has 0 N–H and O–H groups in total. The Morgan fingerprint density at radius 3 is 2.70 bits per heavy atom. The Balaban J connectivity index is 1.85. The SMILES string of the molecule is C[C@H](C(=O)c1nccn1-c1ccccc1)[C@@H](C[N+](=O)[O-])C1CC1. The van der Waals surface area contributed by atoms with Crippen LogP contribution in [0.4, 0.5) is 0 Å². The Hall–Kier alpha value is -2.50.